The summed E-state index contributed by atoms with van der Waals surface area (Å²) in [6, 6.07) is 14.0. The first-order chi connectivity index (χ1) is 14.8. The zero-order chi connectivity index (χ0) is 22.4. The summed E-state index contributed by atoms with van der Waals surface area (Å²) in [5.74, 6) is 0.866. The predicted molar refractivity (Wildman–Crippen MR) is 120 cm³/mol. The summed E-state index contributed by atoms with van der Waals surface area (Å²) in [5, 5.41) is 9.09. The number of anilines is 2. The van der Waals surface area contributed by atoms with Crippen molar-refractivity contribution in [1.82, 2.24) is 10.5 Å². The highest BCUT2D eigenvalue weighted by atomic mass is 32.2. The lowest BCUT2D eigenvalue weighted by Gasteiger charge is -2.11. The van der Waals surface area contributed by atoms with E-state index in [1.54, 1.807) is 31.2 Å². The Morgan fingerprint density at radius 2 is 1.81 bits per heavy atom. The fourth-order valence-electron chi connectivity index (χ4n) is 2.54. The molecule has 1 heterocycles. The van der Waals surface area contributed by atoms with Gasteiger partial charge in [-0.15, -0.1) is 0 Å². The standard InChI is InChI=1S/C20H20N4O5S2/c1-3-28-16-8-4-14(5-9-16)19(25)22-20(30)21-15-6-10-17(11-7-15)31(26,27)24-18-12-13(2)29-23-18/h4-12H,3H2,1-2H3,(H,23,24)(H2,21,22,25,30). The van der Waals surface area contributed by atoms with Crippen molar-refractivity contribution < 1.29 is 22.5 Å². The van der Waals surface area contributed by atoms with Crippen LogP contribution in [0, 0.1) is 6.92 Å². The number of hydrogen-bond acceptors (Lipinski definition) is 7. The normalized spacial score (nSPS) is 10.9. The largest absolute Gasteiger partial charge is 0.494 e. The Morgan fingerprint density at radius 1 is 1.13 bits per heavy atom. The molecule has 31 heavy (non-hydrogen) atoms. The molecule has 0 aliphatic carbocycles. The third kappa shape index (κ3) is 6.03. The van der Waals surface area contributed by atoms with E-state index >= 15 is 0 Å². The van der Waals surface area contributed by atoms with Crippen LogP contribution in [-0.2, 0) is 10.0 Å². The monoisotopic (exact) mass is 460 g/mol. The van der Waals surface area contributed by atoms with Gasteiger partial charge in [-0.1, -0.05) is 5.16 Å². The predicted octanol–water partition coefficient (Wildman–Crippen LogP) is 3.31. The van der Waals surface area contributed by atoms with Crippen LogP contribution >= 0.6 is 12.2 Å². The van der Waals surface area contributed by atoms with Gasteiger partial charge in [-0.05, 0) is 74.6 Å². The Hall–Kier alpha value is -3.44. The first-order valence-electron chi connectivity index (χ1n) is 9.18. The Balaban J connectivity index is 1.58. The van der Waals surface area contributed by atoms with Crippen LogP contribution in [-0.4, -0.2) is 31.2 Å². The number of amides is 1. The number of sulfonamides is 1. The lowest BCUT2D eigenvalue weighted by Crippen LogP contribution is -2.34. The van der Waals surface area contributed by atoms with Crippen molar-refractivity contribution in [2.24, 2.45) is 0 Å². The van der Waals surface area contributed by atoms with Crippen LogP contribution in [0.1, 0.15) is 23.0 Å². The second-order valence-corrected chi connectivity index (χ2v) is 8.41. The van der Waals surface area contributed by atoms with E-state index in [4.69, 9.17) is 21.5 Å². The molecule has 0 saturated heterocycles. The summed E-state index contributed by atoms with van der Waals surface area (Å²) in [4.78, 5) is 12.3. The molecule has 0 aliphatic rings. The molecule has 0 unspecified atom stereocenters. The minimum Gasteiger partial charge on any atom is -0.494 e. The SMILES string of the molecule is CCOc1ccc(C(=O)NC(=S)Nc2ccc(S(=O)(=O)Nc3cc(C)on3)cc2)cc1. The van der Waals surface area contributed by atoms with E-state index in [0.717, 1.165) is 0 Å². The van der Waals surface area contributed by atoms with Crippen LogP contribution < -0.4 is 20.1 Å². The molecule has 9 nitrogen and oxygen atoms in total. The van der Waals surface area contributed by atoms with E-state index in [-0.39, 0.29) is 21.7 Å². The molecule has 0 fully saturated rings. The molecule has 3 aromatic rings. The Kier molecular flexibility index (Phi) is 6.88. The van der Waals surface area contributed by atoms with Gasteiger partial charge < -0.3 is 14.6 Å². The molecule has 0 saturated carbocycles. The second kappa shape index (κ2) is 9.58. The zero-order valence-corrected chi connectivity index (χ0v) is 18.3. The minimum atomic E-state index is -3.82. The van der Waals surface area contributed by atoms with Gasteiger partial charge in [-0.3, -0.25) is 14.8 Å². The van der Waals surface area contributed by atoms with Crippen molar-refractivity contribution >= 4 is 44.8 Å². The number of benzene rings is 2. The molecule has 1 aromatic heterocycles. The first-order valence-corrected chi connectivity index (χ1v) is 11.1. The van der Waals surface area contributed by atoms with Crippen molar-refractivity contribution in [1.29, 1.82) is 0 Å². The van der Waals surface area contributed by atoms with E-state index in [2.05, 4.69) is 20.5 Å². The van der Waals surface area contributed by atoms with Gasteiger partial charge in [-0.25, -0.2) is 8.42 Å². The summed E-state index contributed by atoms with van der Waals surface area (Å²) in [7, 11) is -3.82. The van der Waals surface area contributed by atoms with Gasteiger partial charge in [0.1, 0.15) is 11.5 Å². The van der Waals surface area contributed by atoms with E-state index in [9.17, 15) is 13.2 Å². The maximum Gasteiger partial charge on any atom is 0.263 e. The molecule has 0 spiro atoms. The van der Waals surface area contributed by atoms with Gasteiger partial charge in [-0.2, -0.15) is 0 Å². The molecular formula is C20H20N4O5S2. The van der Waals surface area contributed by atoms with Crippen molar-refractivity contribution in [2.45, 2.75) is 18.7 Å². The zero-order valence-electron chi connectivity index (χ0n) is 16.7. The summed E-state index contributed by atoms with van der Waals surface area (Å²) in [5.41, 5.74) is 0.927. The summed E-state index contributed by atoms with van der Waals surface area (Å²) >= 11 is 5.16. The lowest BCUT2D eigenvalue weighted by atomic mass is 10.2. The second-order valence-electron chi connectivity index (χ2n) is 6.32. The highest BCUT2D eigenvalue weighted by Crippen LogP contribution is 2.18. The van der Waals surface area contributed by atoms with Crippen LogP contribution in [0.2, 0.25) is 0 Å². The van der Waals surface area contributed by atoms with Crippen LogP contribution in [0.5, 0.6) is 5.75 Å². The van der Waals surface area contributed by atoms with Gasteiger partial charge in [0.15, 0.2) is 10.9 Å². The van der Waals surface area contributed by atoms with Crippen molar-refractivity contribution in [3.63, 3.8) is 0 Å². The summed E-state index contributed by atoms with van der Waals surface area (Å²) < 4.78 is 37.3. The van der Waals surface area contributed by atoms with E-state index in [1.807, 2.05) is 6.92 Å². The number of aromatic nitrogens is 1. The number of nitrogens with zero attached hydrogens (tertiary/aromatic N) is 1. The number of nitrogens with one attached hydrogen (secondary N) is 3. The molecule has 11 heteroatoms. The molecule has 0 bridgehead atoms. The molecular weight excluding hydrogens is 440 g/mol. The van der Waals surface area contributed by atoms with Gasteiger partial charge in [0.05, 0.1) is 11.5 Å². The number of carbonyl (C=O) groups is 1. The Labute approximate surface area is 184 Å². The van der Waals surface area contributed by atoms with E-state index in [0.29, 0.717) is 29.4 Å². The van der Waals surface area contributed by atoms with Gasteiger partial charge in [0.25, 0.3) is 15.9 Å². The average Bonchev–Trinajstić information content (AvgIpc) is 3.13. The third-order valence-electron chi connectivity index (χ3n) is 3.94. The number of hydrogen-bond donors (Lipinski definition) is 3. The number of carbonyl (C=O) groups excluding carboxylic acids is 1. The third-order valence-corrected chi connectivity index (χ3v) is 5.52. The molecule has 0 aliphatic heterocycles. The van der Waals surface area contributed by atoms with Gasteiger partial charge >= 0.3 is 0 Å². The topological polar surface area (TPSA) is 123 Å². The molecule has 0 radical (unpaired) electrons. The van der Waals surface area contributed by atoms with Crippen molar-refractivity contribution in [2.75, 3.05) is 16.6 Å². The smallest absolute Gasteiger partial charge is 0.263 e. The highest BCUT2D eigenvalue weighted by Gasteiger charge is 2.16. The first kappa shape index (κ1) is 22.2. The highest BCUT2D eigenvalue weighted by molar-refractivity contribution is 7.92. The fourth-order valence-corrected chi connectivity index (χ4v) is 3.73. The number of ether oxygens (including phenoxy) is 1. The van der Waals surface area contributed by atoms with E-state index in [1.165, 1.54) is 30.3 Å². The van der Waals surface area contributed by atoms with Crippen molar-refractivity contribution in [3.05, 3.63) is 65.9 Å². The maximum atomic E-state index is 12.4. The Morgan fingerprint density at radius 3 is 2.39 bits per heavy atom. The summed E-state index contributed by atoms with van der Waals surface area (Å²) in [6.07, 6.45) is 0. The molecule has 1 amide bonds. The molecule has 2 aromatic carbocycles. The fraction of sp³-hybridized carbons (Fsp3) is 0.150. The summed E-state index contributed by atoms with van der Waals surface area (Å²) in [6.45, 7) is 4.07. The lowest BCUT2D eigenvalue weighted by molar-refractivity contribution is 0.0977. The maximum absolute atomic E-state index is 12.4. The van der Waals surface area contributed by atoms with Crippen LogP contribution in [0.25, 0.3) is 0 Å². The molecule has 3 rings (SSSR count). The number of aryl methyl sites for hydroxylation is 1. The van der Waals surface area contributed by atoms with Gasteiger partial charge in [0.2, 0.25) is 0 Å². The quantitative estimate of drug-likeness (QED) is 0.459. The van der Waals surface area contributed by atoms with Crippen LogP contribution in [0.15, 0.2) is 64.0 Å². The number of thiocarbonyl (C=S) groups is 1. The molecule has 0 atom stereocenters. The molecule has 162 valence electrons. The van der Waals surface area contributed by atoms with Crippen LogP contribution in [0.4, 0.5) is 11.5 Å². The van der Waals surface area contributed by atoms with Gasteiger partial charge in [0, 0.05) is 17.3 Å². The van der Waals surface area contributed by atoms with Crippen LogP contribution in [0.3, 0.4) is 0 Å². The Bertz CT molecular complexity index is 1170. The molecule has 3 N–H and O–H groups in total. The average molecular weight is 461 g/mol. The van der Waals surface area contributed by atoms with Crippen molar-refractivity contribution in [3.8, 4) is 5.75 Å². The number of rotatable bonds is 7. The minimum absolute atomic E-state index is 0.0306. The van der Waals surface area contributed by atoms with E-state index < -0.39 is 10.0 Å².